The third-order valence-electron chi connectivity index (χ3n) is 5.59. The standard InChI is InChI=1S/C26H31FN4O/c1-19(2)18-32-24-9-5-21(6-10-24)17-31(16-20-3-7-23(27)8-4-20)26-29-14-12-25(30-26)22-11-13-28-15-22/h3-10,12,14,19,22,28H,11,13,15-18H2,1-2H3. The van der Waals surface area contributed by atoms with Gasteiger partial charge in [0.05, 0.1) is 12.3 Å². The molecule has 0 radical (unpaired) electrons. The Balaban J connectivity index is 1.55. The number of aromatic nitrogens is 2. The molecule has 2 aromatic carbocycles. The molecule has 1 aliphatic rings. The topological polar surface area (TPSA) is 50.3 Å². The van der Waals surface area contributed by atoms with Gasteiger partial charge in [-0.2, -0.15) is 0 Å². The fraction of sp³-hybridized carbons (Fsp3) is 0.385. The van der Waals surface area contributed by atoms with Gasteiger partial charge in [0.25, 0.3) is 0 Å². The SMILES string of the molecule is CC(C)COc1ccc(CN(Cc2ccc(F)cc2)c2nccc(C3CCNC3)n2)cc1. The van der Waals surface area contributed by atoms with E-state index < -0.39 is 0 Å². The van der Waals surface area contributed by atoms with Crippen LogP contribution in [0.5, 0.6) is 5.75 Å². The molecule has 0 bridgehead atoms. The molecule has 1 N–H and O–H groups in total. The molecule has 5 nitrogen and oxygen atoms in total. The molecule has 0 aliphatic carbocycles. The summed E-state index contributed by atoms with van der Waals surface area (Å²) in [6, 6.07) is 16.8. The summed E-state index contributed by atoms with van der Waals surface area (Å²) in [6.45, 7) is 8.19. The molecule has 3 aromatic rings. The Labute approximate surface area is 189 Å². The van der Waals surface area contributed by atoms with Crippen molar-refractivity contribution in [1.29, 1.82) is 0 Å². The van der Waals surface area contributed by atoms with Crippen molar-refractivity contribution in [2.45, 2.75) is 39.3 Å². The van der Waals surface area contributed by atoms with E-state index in [4.69, 9.17) is 9.72 Å². The van der Waals surface area contributed by atoms with Crippen LogP contribution in [0.3, 0.4) is 0 Å². The van der Waals surface area contributed by atoms with E-state index in [0.717, 1.165) is 42.1 Å². The number of benzene rings is 2. The maximum Gasteiger partial charge on any atom is 0.226 e. The number of nitrogens with zero attached hydrogens (tertiary/aromatic N) is 3. The Morgan fingerprint density at radius 3 is 2.34 bits per heavy atom. The fourth-order valence-electron chi connectivity index (χ4n) is 3.83. The van der Waals surface area contributed by atoms with Crippen LogP contribution in [-0.2, 0) is 13.1 Å². The van der Waals surface area contributed by atoms with E-state index in [1.165, 1.54) is 12.1 Å². The monoisotopic (exact) mass is 434 g/mol. The summed E-state index contributed by atoms with van der Waals surface area (Å²) in [6.07, 6.45) is 2.93. The largest absolute Gasteiger partial charge is 0.493 e. The molecule has 1 aromatic heterocycles. The van der Waals surface area contributed by atoms with E-state index in [-0.39, 0.29) is 5.82 Å². The molecule has 0 amide bonds. The predicted octanol–water partition coefficient (Wildman–Crippen LogP) is 4.93. The van der Waals surface area contributed by atoms with Crippen molar-refractivity contribution in [3.05, 3.63) is 83.4 Å². The summed E-state index contributed by atoms with van der Waals surface area (Å²) in [7, 11) is 0. The summed E-state index contributed by atoms with van der Waals surface area (Å²) < 4.78 is 19.2. The average Bonchev–Trinajstić information content (AvgIpc) is 3.35. The van der Waals surface area contributed by atoms with Crippen LogP contribution in [-0.4, -0.2) is 29.7 Å². The van der Waals surface area contributed by atoms with Crippen LogP contribution in [0, 0.1) is 11.7 Å². The minimum absolute atomic E-state index is 0.232. The average molecular weight is 435 g/mol. The predicted molar refractivity (Wildman–Crippen MR) is 125 cm³/mol. The molecule has 168 valence electrons. The lowest BCUT2D eigenvalue weighted by Gasteiger charge is -2.24. The highest BCUT2D eigenvalue weighted by Gasteiger charge is 2.20. The maximum absolute atomic E-state index is 13.4. The van der Waals surface area contributed by atoms with Crippen LogP contribution in [0.25, 0.3) is 0 Å². The minimum Gasteiger partial charge on any atom is -0.493 e. The molecule has 6 heteroatoms. The number of hydrogen-bond donors (Lipinski definition) is 1. The van der Waals surface area contributed by atoms with Gasteiger partial charge in [-0.05, 0) is 60.3 Å². The molecule has 2 heterocycles. The van der Waals surface area contributed by atoms with Crippen LogP contribution < -0.4 is 15.0 Å². The second kappa shape index (κ2) is 10.6. The van der Waals surface area contributed by atoms with Crippen LogP contribution in [0.4, 0.5) is 10.3 Å². The lowest BCUT2D eigenvalue weighted by molar-refractivity contribution is 0.271. The van der Waals surface area contributed by atoms with Gasteiger partial charge in [0.15, 0.2) is 0 Å². The van der Waals surface area contributed by atoms with E-state index in [1.54, 1.807) is 0 Å². The second-order valence-electron chi connectivity index (χ2n) is 8.80. The summed E-state index contributed by atoms with van der Waals surface area (Å²) >= 11 is 0. The molecule has 1 fully saturated rings. The first kappa shape index (κ1) is 22.2. The quantitative estimate of drug-likeness (QED) is 0.517. The van der Waals surface area contributed by atoms with Crippen molar-refractivity contribution in [3.8, 4) is 5.75 Å². The number of rotatable bonds is 9. The van der Waals surface area contributed by atoms with Gasteiger partial charge in [0.1, 0.15) is 11.6 Å². The first-order valence-corrected chi connectivity index (χ1v) is 11.3. The normalized spacial score (nSPS) is 15.8. The third-order valence-corrected chi connectivity index (χ3v) is 5.59. The van der Waals surface area contributed by atoms with Crippen LogP contribution in [0.1, 0.15) is 43.0 Å². The van der Waals surface area contributed by atoms with E-state index in [0.29, 0.717) is 37.5 Å². The highest BCUT2D eigenvalue weighted by atomic mass is 19.1. The smallest absolute Gasteiger partial charge is 0.226 e. The van der Waals surface area contributed by atoms with Crippen molar-refractivity contribution in [3.63, 3.8) is 0 Å². The maximum atomic E-state index is 13.4. The molecule has 0 spiro atoms. The molecule has 32 heavy (non-hydrogen) atoms. The summed E-state index contributed by atoms with van der Waals surface area (Å²) in [5, 5.41) is 3.41. The lowest BCUT2D eigenvalue weighted by atomic mass is 10.1. The fourth-order valence-corrected chi connectivity index (χ4v) is 3.83. The Hall–Kier alpha value is -2.99. The number of halogens is 1. The highest BCUT2D eigenvalue weighted by Crippen LogP contribution is 2.24. The highest BCUT2D eigenvalue weighted by molar-refractivity contribution is 5.37. The van der Waals surface area contributed by atoms with Gasteiger partial charge in [-0.25, -0.2) is 14.4 Å². The van der Waals surface area contributed by atoms with Gasteiger partial charge < -0.3 is 15.0 Å². The molecular formula is C26H31FN4O. The van der Waals surface area contributed by atoms with Crippen LogP contribution >= 0.6 is 0 Å². The van der Waals surface area contributed by atoms with Crippen LogP contribution in [0.2, 0.25) is 0 Å². The Morgan fingerprint density at radius 2 is 1.72 bits per heavy atom. The van der Waals surface area contributed by atoms with Crippen molar-refractivity contribution in [1.82, 2.24) is 15.3 Å². The zero-order valence-corrected chi connectivity index (χ0v) is 18.8. The second-order valence-corrected chi connectivity index (χ2v) is 8.80. The zero-order valence-electron chi connectivity index (χ0n) is 18.8. The van der Waals surface area contributed by atoms with Gasteiger partial charge in [0.2, 0.25) is 5.95 Å². The van der Waals surface area contributed by atoms with Gasteiger partial charge in [-0.3, -0.25) is 0 Å². The summed E-state index contributed by atoms with van der Waals surface area (Å²) in [5.41, 5.74) is 3.22. The third kappa shape index (κ3) is 6.04. The van der Waals surface area contributed by atoms with Gasteiger partial charge in [-0.1, -0.05) is 38.1 Å². The summed E-state index contributed by atoms with van der Waals surface area (Å²) in [5.74, 6) is 2.24. The molecular weight excluding hydrogens is 403 g/mol. The summed E-state index contributed by atoms with van der Waals surface area (Å²) in [4.78, 5) is 11.6. The molecule has 1 atom stereocenters. The molecule has 1 unspecified atom stereocenters. The van der Waals surface area contributed by atoms with Crippen molar-refractivity contribution in [2.24, 2.45) is 5.92 Å². The Bertz CT molecular complexity index is 985. The lowest BCUT2D eigenvalue weighted by Crippen LogP contribution is -2.25. The number of nitrogens with one attached hydrogen (secondary N) is 1. The number of hydrogen-bond acceptors (Lipinski definition) is 5. The van der Waals surface area contributed by atoms with Crippen molar-refractivity contribution >= 4 is 5.95 Å². The minimum atomic E-state index is -0.232. The van der Waals surface area contributed by atoms with E-state index >= 15 is 0 Å². The molecule has 1 saturated heterocycles. The number of ether oxygens (including phenoxy) is 1. The first-order chi connectivity index (χ1) is 15.6. The zero-order chi connectivity index (χ0) is 22.3. The van der Waals surface area contributed by atoms with Crippen molar-refractivity contribution in [2.75, 3.05) is 24.6 Å². The first-order valence-electron chi connectivity index (χ1n) is 11.3. The molecule has 0 saturated carbocycles. The van der Waals surface area contributed by atoms with Gasteiger partial charge in [0, 0.05) is 31.7 Å². The van der Waals surface area contributed by atoms with Gasteiger partial charge >= 0.3 is 0 Å². The molecule has 1 aliphatic heterocycles. The van der Waals surface area contributed by atoms with E-state index in [1.807, 2.05) is 36.5 Å². The Morgan fingerprint density at radius 1 is 1.03 bits per heavy atom. The van der Waals surface area contributed by atoms with Crippen molar-refractivity contribution < 1.29 is 9.13 Å². The van der Waals surface area contributed by atoms with E-state index in [9.17, 15) is 4.39 Å². The van der Waals surface area contributed by atoms with Crippen LogP contribution in [0.15, 0.2) is 60.8 Å². The van der Waals surface area contributed by atoms with Gasteiger partial charge in [-0.15, -0.1) is 0 Å². The number of anilines is 1. The van der Waals surface area contributed by atoms with E-state index in [2.05, 4.69) is 41.2 Å². The Kier molecular flexibility index (Phi) is 7.32. The molecule has 4 rings (SSSR count).